The molecule has 1 N–H and O–H groups in total. The van der Waals surface area contributed by atoms with E-state index < -0.39 is 0 Å². The molecule has 0 saturated heterocycles. The van der Waals surface area contributed by atoms with E-state index in [1.807, 2.05) is 6.07 Å². The molecule has 3 heteroatoms. The average molecular weight is 263 g/mol. The number of aliphatic hydroxyl groups excluding tert-OH is 1. The first-order valence-electron chi connectivity index (χ1n) is 6.66. The Hall–Kier alpha value is -1.37. The molecule has 0 atom stereocenters. The average Bonchev–Trinajstić information content (AvgIpc) is 2.34. The van der Waals surface area contributed by atoms with Gasteiger partial charge in [-0.25, -0.2) is 4.39 Å². The van der Waals surface area contributed by atoms with E-state index in [0.29, 0.717) is 11.5 Å². The highest BCUT2D eigenvalue weighted by Gasteiger charge is 2.07. The topological polar surface area (TPSA) is 23.5 Å². The quantitative estimate of drug-likeness (QED) is 0.826. The predicted octanol–water partition coefficient (Wildman–Crippen LogP) is 2.65. The van der Waals surface area contributed by atoms with E-state index in [9.17, 15) is 4.39 Å². The second-order valence-corrected chi connectivity index (χ2v) is 5.03. The van der Waals surface area contributed by atoms with Gasteiger partial charge in [-0.3, -0.25) is 4.90 Å². The molecule has 0 fully saturated rings. The molecule has 0 aromatic heterocycles. The standard InChI is InChI=1S/C16H22FNO/c1-4-18(11-13(2)3)12-15-8-14(6-5-7-19)9-16(17)10-15/h8-10,13,19H,4,7,11-12H2,1-3H3. The van der Waals surface area contributed by atoms with Crippen molar-refractivity contribution in [3.63, 3.8) is 0 Å². The van der Waals surface area contributed by atoms with Crippen LogP contribution in [-0.4, -0.2) is 29.7 Å². The molecule has 0 heterocycles. The molecule has 0 spiro atoms. The van der Waals surface area contributed by atoms with Crippen LogP contribution in [0.4, 0.5) is 4.39 Å². The zero-order valence-corrected chi connectivity index (χ0v) is 11.9. The summed E-state index contributed by atoms with van der Waals surface area (Å²) in [5.41, 5.74) is 1.54. The Kier molecular flexibility index (Phi) is 6.55. The van der Waals surface area contributed by atoms with Crippen molar-refractivity contribution in [2.45, 2.75) is 27.3 Å². The van der Waals surface area contributed by atoms with Crippen molar-refractivity contribution in [2.75, 3.05) is 19.7 Å². The van der Waals surface area contributed by atoms with Crippen molar-refractivity contribution in [1.29, 1.82) is 0 Å². The van der Waals surface area contributed by atoms with E-state index in [1.165, 1.54) is 6.07 Å². The van der Waals surface area contributed by atoms with Gasteiger partial charge in [0.1, 0.15) is 12.4 Å². The molecule has 0 bridgehead atoms. The van der Waals surface area contributed by atoms with Crippen molar-refractivity contribution < 1.29 is 9.50 Å². The van der Waals surface area contributed by atoms with Crippen LogP contribution in [0.3, 0.4) is 0 Å². The van der Waals surface area contributed by atoms with E-state index in [0.717, 1.165) is 25.2 Å². The minimum Gasteiger partial charge on any atom is -0.384 e. The van der Waals surface area contributed by atoms with Gasteiger partial charge in [0.2, 0.25) is 0 Å². The Morgan fingerprint density at radius 2 is 2.05 bits per heavy atom. The summed E-state index contributed by atoms with van der Waals surface area (Å²) in [4.78, 5) is 2.28. The Labute approximate surface area is 115 Å². The zero-order chi connectivity index (χ0) is 14.3. The second kappa shape index (κ2) is 7.93. The van der Waals surface area contributed by atoms with Crippen LogP contribution in [0, 0.1) is 23.6 Å². The maximum atomic E-state index is 13.5. The molecule has 1 rings (SSSR count). The maximum Gasteiger partial charge on any atom is 0.124 e. The Bertz CT molecular complexity index is 460. The van der Waals surface area contributed by atoms with Crippen LogP contribution in [-0.2, 0) is 6.54 Å². The molecular formula is C16H22FNO. The summed E-state index contributed by atoms with van der Waals surface area (Å²) in [6.07, 6.45) is 0. The number of hydrogen-bond donors (Lipinski definition) is 1. The second-order valence-electron chi connectivity index (χ2n) is 5.03. The van der Waals surface area contributed by atoms with Crippen LogP contribution in [0.15, 0.2) is 18.2 Å². The lowest BCUT2D eigenvalue weighted by molar-refractivity contribution is 0.248. The Morgan fingerprint density at radius 1 is 1.32 bits per heavy atom. The van der Waals surface area contributed by atoms with E-state index in [-0.39, 0.29) is 12.4 Å². The molecule has 0 aliphatic rings. The lowest BCUT2D eigenvalue weighted by atomic mass is 10.1. The molecule has 19 heavy (non-hydrogen) atoms. The lowest BCUT2D eigenvalue weighted by Gasteiger charge is -2.22. The van der Waals surface area contributed by atoms with Gasteiger partial charge in [-0.15, -0.1) is 0 Å². The first-order valence-corrected chi connectivity index (χ1v) is 6.66. The summed E-state index contributed by atoms with van der Waals surface area (Å²) in [5.74, 6) is 5.60. The molecule has 2 nitrogen and oxygen atoms in total. The van der Waals surface area contributed by atoms with Crippen molar-refractivity contribution in [1.82, 2.24) is 4.90 Å². The third-order valence-electron chi connectivity index (χ3n) is 2.75. The van der Waals surface area contributed by atoms with Gasteiger partial charge in [0.25, 0.3) is 0 Å². The van der Waals surface area contributed by atoms with Crippen LogP contribution in [0.2, 0.25) is 0 Å². The number of rotatable bonds is 5. The molecule has 0 aliphatic carbocycles. The number of aliphatic hydroxyl groups is 1. The van der Waals surface area contributed by atoms with E-state index >= 15 is 0 Å². The van der Waals surface area contributed by atoms with Gasteiger partial charge >= 0.3 is 0 Å². The highest BCUT2D eigenvalue weighted by molar-refractivity contribution is 5.37. The summed E-state index contributed by atoms with van der Waals surface area (Å²) in [6, 6.07) is 4.83. The van der Waals surface area contributed by atoms with Crippen LogP contribution in [0.5, 0.6) is 0 Å². The van der Waals surface area contributed by atoms with Gasteiger partial charge in [0.15, 0.2) is 0 Å². The summed E-state index contributed by atoms with van der Waals surface area (Å²) in [5, 5.41) is 8.67. The van der Waals surface area contributed by atoms with Crippen molar-refractivity contribution in [2.24, 2.45) is 5.92 Å². The Morgan fingerprint density at radius 3 is 2.63 bits per heavy atom. The first kappa shape index (κ1) is 15.7. The SMILES string of the molecule is CCN(Cc1cc(F)cc(C#CCO)c1)CC(C)C. The molecule has 1 aromatic carbocycles. The summed E-state index contributed by atoms with van der Waals surface area (Å²) in [6.45, 7) is 8.89. The highest BCUT2D eigenvalue weighted by Crippen LogP contribution is 2.12. The van der Waals surface area contributed by atoms with Crippen LogP contribution in [0.1, 0.15) is 31.9 Å². The third kappa shape index (κ3) is 5.87. The number of hydrogen-bond acceptors (Lipinski definition) is 2. The van der Waals surface area contributed by atoms with Crippen LogP contribution in [0.25, 0.3) is 0 Å². The molecular weight excluding hydrogens is 241 g/mol. The first-order chi connectivity index (χ1) is 9.05. The minimum absolute atomic E-state index is 0.208. The molecule has 104 valence electrons. The number of halogens is 1. The fourth-order valence-electron chi connectivity index (χ4n) is 2.04. The smallest absolute Gasteiger partial charge is 0.124 e. The number of benzene rings is 1. The molecule has 1 aromatic rings. The van der Waals surface area contributed by atoms with Crippen molar-refractivity contribution >= 4 is 0 Å². The fraction of sp³-hybridized carbons (Fsp3) is 0.500. The Balaban J connectivity index is 2.84. The van der Waals surface area contributed by atoms with E-state index in [1.54, 1.807) is 6.07 Å². The summed E-state index contributed by atoms with van der Waals surface area (Å²) >= 11 is 0. The molecule has 0 radical (unpaired) electrons. The molecule has 0 aliphatic heterocycles. The maximum absolute atomic E-state index is 13.5. The fourth-order valence-corrected chi connectivity index (χ4v) is 2.04. The van der Waals surface area contributed by atoms with E-state index in [4.69, 9.17) is 5.11 Å². The van der Waals surface area contributed by atoms with Gasteiger partial charge in [-0.1, -0.05) is 32.6 Å². The third-order valence-corrected chi connectivity index (χ3v) is 2.75. The minimum atomic E-state index is -0.277. The largest absolute Gasteiger partial charge is 0.384 e. The van der Waals surface area contributed by atoms with Crippen molar-refractivity contribution in [3.8, 4) is 11.8 Å². The molecule has 0 unspecified atom stereocenters. The van der Waals surface area contributed by atoms with Gasteiger partial charge < -0.3 is 5.11 Å². The summed E-state index contributed by atoms with van der Waals surface area (Å²) < 4.78 is 13.5. The van der Waals surface area contributed by atoms with Gasteiger partial charge in [-0.05, 0) is 36.2 Å². The monoisotopic (exact) mass is 263 g/mol. The lowest BCUT2D eigenvalue weighted by Crippen LogP contribution is -2.27. The zero-order valence-electron chi connectivity index (χ0n) is 11.9. The van der Waals surface area contributed by atoms with Gasteiger partial charge in [-0.2, -0.15) is 0 Å². The van der Waals surface area contributed by atoms with Gasteiger partial charge in [0.05, 0.1) is 0 Å². The van der Waals surface area contributed by atoms with Crippen LogP contribution < -0.4 is 0 Å². The highest BCUT2D eigenvalue weighted by atomic mass is 19.1. The normalized spacial score (nSPS) is 10.7. The summed E-state index contributed by atoms with van der Waals surface area (Å²) in [7, 11) is 0. The van der Waals surface area contributed by atoms with E-state index in [2.05, 4.69) is 37.5 Å². The predicted molar refractivity (Wildman–Crippen MR) is 76.2 cm³/mol. The molecule has 0 saturated carbocycles. The number of nitrogens with zero attached hydrogens (tertiary/aromatic N) is 1. The molecule has 0 amide bonds. The van der Waals surface area contributed by atoms with Crippen LogP contribution >= 0.6 is 0 Å². The van der Waals surface area contributed by atoms with Crippen molar-refractivity contribution in [3.05, 3.63) is 35.1 Å². The van der Waals surface area contributed by atoms with Gasteiger partial charge in [0, 0.05) is 18.7 Å².